The summed E-state index contributed by atoms with van der Waals surface area (Å²) in [4.78, 5) is 28.0. The first kappa shape index (κ1) is 15.8. The molecule has 0 fully saturated rings. The van der Waals surface area contributed by atoms with Crippen LogP contribution >= 0.6 is 0 Å². The summed E-state index contributed by atoms with van der Waals surface area (Å²) in [6.45, 7) is 5.04. The molecular formula is C16H18N2O4. The number of phenols is 1. The first-order valence-electron chi connectivity index (χ1n) is 6.84. The molecule has 0 saturated carbocycles. The highest BCUT2D eigenvalue weighted by atomic mass is 16.6. The van der Waals surface area contributed by atoms with Gasteiger partial charge in [-0.3, -0.25) is 14.6 Å². The van der Waals surface area contributed by atoms with E-state index in [-0.39, 0.29) is 12.3 Å². The number of fused-ring (bicyclic) bond motifs is 1. The Labute approximate surface area is 128 Å². The van der Waals surface area contributed by atoms with E-state index in [0.717, 1.165) is 0 Å². The molecule has 0 saturated heterocycles. The van der Waals surface area contributed by atoms with Crippen LogP contribution in [-0.2, 0) is 9.53 Å². The number of carbonyl (C=O) groups is 2. The van der Waals surface area contributed by atoms with Crippen molar-refractivity contribution in [1.29, 1.82) is 0 Å². The molecule has 6 heteroatoms. The molecule has 0 aliphatic heterocycles. The average Bonchev–Trinajstić information content (AvgIpc) is 2.42. The Hall–Kier alpha value is -2.63. The molecule has 0 unspecified atom stereocenters. The number of ether oxygens (including phenoxy) is 1. The highest BCUT2D eigenvalue weighted by Crippen LogP contribution is 2.21. The molecule has 0 aliphatic carbocycles. The summed E-state index contributed by atoms with van der Waals surface area (Å²) in [6, 6.07) is 6.12. The second-order valence-electron chi connectivity index (χ2n) is 5.83. The monoisotopic (exact) mass is 302 g/mol. The van der Waals surface area contributed by atoms with Crippen molar-refractivity contribution in [2.24, 2.45) is 0 Å². The molecule has 0 aliphatic rings. The van der Waals surface area contributed by atoms with Crippen LogP contribution in [0.4, 0.5) is 0 Å². The topological polar surface area (TPSA) is 88.5 Å². The van der Waals surface area contributed by atoms with Gasteiger partial charge in [0, 0.05) is 11.6 Å². The van der Waals surface area contributed by atoms with Crippen LogP contribution in [0.25, 0.3) is 10.9 Å². The Morgan fingerprint density at radius 1 is 1.27 bits per heavy atom. The summed E-state index contributed by atoms with van der Waals surface area (Å²) in [5.74, 6) is -0.896. The van der Waals surface area contributed by atoms with Gasteiger partial charge in [-0.2, -0.15) is 0 Å². The minimum atomic E-state index is -0.600. The summed E-state index contributed by atoms with van der Waals surface area (Å²) < 4.78 is 5.12. The van der Waals surface area contributed by atoms with Crippen LogP contribution in [0.2, 0.25) is 0 Å². The fourth-order valence-corrected chi connectivity index (χ4v) is 1.96. The van der Waals surface area contributed by atoms with Crippen LogP contribution < -0.4 is 5.32 Å². The van der Waals surface area contributed by atoms with Crippen molar-refractivity contribution in [1.82, 2.24) is 10.3 Å². The number of aromatic nitrogens is 1. The number of benzene rings is 1. The summed E-state index contributed by atoms with van der Waals surface area (Å²) in [5.41, 5.74) is 0.323. The third-order valence-corrected chi connectivity index (χ3v) is 2.78. The van der Waals surface area contributed by atoms with Crippen LogP contribution in [0.3, 0.4) is 0 Å². The lowest BCUT2D eigenvalue weighted by molar-refractivity contribution is -0.153. The molecule has 2 N–H and O–H groups in total. The number of hydrogen-bond donors (Lipinski definition) is 2. The minimum absolute atomic E-state index is 0.0432. The molecular weight excluding hydrogens is 284 g/mol. The van der Waals surface area contributed by atoms with Crippen molar-refractivity contribution in [3.63, 3.8) is 0 Å². The predicted molar refractivity (Wildman–Crippen MR) is 81.6 cm³/mol. The number of amides is 1. The van der Waals surface area contributed by atoms with Gasteiger partial charge in [0.1, 0.15) is 17.9 Å². The van der Waals surface area contributed by atoms with E-state index in [1.54, 1.807) is 26.8 Å². The maximum Gasteiger partial charge on any atom is 0.325 e. The van der Waals surface area contributed by atoms with Gasteiger partial charge in [-0.1, -0.05) is 0 Å². The predicted octanol–water partition coefficient (Wildman–Crippen LogP) is 2.01. The van der Waals surface area contributed by atoms with Crippen molar-refractivity contribution in [2.75, 3.05) is 6.54 Å². The molecule has 2 rings (SSSR count). The van der Waals surface area contributed by atoms with Gasteiger partial charge in [0.2, 0.25) is 0 Å². The SMILES string of the molecule is CC(C)(C)OC(=O)CNC(=O)c1ccnc2ccc(O)cc12. The highest BCUT2D eigenvalue weighted by Gasteiger charge is 2.18. The second-order valence-corrected chi connectivity index (χ2v) is 5.83. The quantitative estimate of drug-likeness (QED) is 0.847. The molecule has 0 radical (unpaired) electrons. The zero-order chi connectivity index (χ0) is 16.3. The van der Waals surface area contributed by atoms with Gasteiger partial charge in [-0.25, -0.2) is 0 Å². The number of esters is 1. The zero-order valence-corrected chi connectivity index (χ0v) is 12.7. The molecule has 116 valence electrons. The Kier molecular flexibility index (Phi) is 4.30. The van der Waals surface area contributed by atoms with E-state index in [9.17, 15) is 14.7 Å². The summed E-state index contributed by atoms with van der Waals surface area (Å²) in [7, 11) is 0. The molecule has 1 heterocycles. The van der Waals surface area contributed by atoms with Gasteiger partial charge >= 0.3 is 5.97 Å². The number of hydrogen-bond acceptors (Lipinski definition) is 5. The van der Waals surface area contributed by atoms with Crippen molar-refractivity contribution in [2.45, 2.75) is 26.4 Å². The third-order valence-electron chi connectivity index (χ3n) is 2.78. The molecule has 1 aromatic heterocycles. The number of nitrogens with one attached hydrogen (secondary N) is 1. The Bertz CT molecular complexity index is 720. The largest absolute Gasteiger partial charge is 0.508 e. The smallest absolute Gasteiger partial charge is 0.325 e. The number of phenolic OH excluding ortho intramolecular Hbond substituents is 1. The van der Waals surface area contributed by atoms with Crippen molar-refractivity contribution in [3.05, 3.63) is 36.0 Å². The van der Waals surface area contributed by atoms with E-state index in [1.807, 2.05) is 0 Å². The number of nitrogens with zero attached hydrogens (tertiary/aromatic N) is 1. The fraction of sp³-hybridized carbons (Fsp3) is 0.312. The third kappa shape index (κ3) is 3.94. The Morgan fingerprint density at radius 2 is 2.00 bits per heavy atom. The fourth-order valence-electron chi connectivity index (χ4n) is 1.96. The maximum absolute atomic E-state index is 12.2. The Morgan fingerprint density at radius 3 is 2.68 bits per heavy atom. The maximum atomic E-state index is 12.2. The number of carbonyl (C=O) groups excluding carboxylic acids is 2. The normalized spacial score (nSPS) is 11.2. The highest BCUT2D eigenvalue weighted by molar-refractivity contribution is 6.06. The zero-order valence-electron chi connectivity index (χ0n) is 12.7. The lowest BCUT2D eigenvalue weighted by Gasteiger charge is -2.19. The Balaban J connectivity index is 2.13. The van der Waals surface area contributed by atoms with Crippen LogP contribution in [0, 0.1) is 0 Å². The van der Waals surface area contributed by atoms with Gasteiger partial charge in [0.15, 0.2) is 0 Å². The van der Waals surface area contributed by atoms with Crippen molar-refractivity contribution >= 4 is 22.8 Å². The molecule has 0 bridgehead atoms. The standard InChI is InChI=1S/C16H18N2O4/c1-16(2,3)22-14(20)9-18-15(21)11-6-7-17-13-5-4-10(19)8-12(11)13/h4-8,19H,9H2,1-3H3,(H,18,21). The first-order chi connectivity index (χ1) is 10.3. The van der Waals surface area contributed by atoms with E-state index in [4.69, 9.17) is 4.74 Å². The van der Waals surface area contributed by atoms with Gasteiger partial charge in [0.25, 0.3) is 5.91 Å². The van der Waals surface area contributed by atoms with Crippen LogP contribution in [0.5, 0.6) is 5.75 Å². The summed E-state index contributed by atoms with van der Waals surface area (Å²) in [5, 5.41) is 12.6. The van der Waals surface area contributed by atoms with E-state index >= 15 is 0 Å². The van der Waals surface area contributed by atoms with E-state index in [1.165, 1.54) is 24.4 Å². The van der Waals surface area contributed by atoms with E-state index in [0.29, 0.717) is 16.5 Å². The van der Waals surface area contributed by atoms with Crippen molar-refractivity contribution in [3.8, 4) is 5.75 Å². The lowest BCUT2D eigenvalue weighted by Crippen LogP contribution is -2.34. The van der Waals surface area contributed by atoms with Crippen molar-refractivity contribution < 1.29 is 19.4 Å². The number of pyridine rings is 1. The second kappa shape index (κ2) is 6.01. The van der Waals surface area contributed by atoms with E-state index in [2.05, 4.69) is 10.3 Å². The summed E-state index contributed by atoms with van der Waals surface area (Å²) >= 11 is 0. The molecule has 6 nitrogen and oxygen atoms in total. The molecule has 1 aromatic carbocycles. The number of rotatable bonds is 3. The van der Waals surface area contributed by atoms with Crippen LogP contribution in [-0.4, -0.2) is 34.1 Å². The minimum Gasteiger partial charge on any atom is -0.508 e. The average molecular weight is 302 g/mol. The van der Waals surface area contributed by atoms with Crippen LogP contribution in [0.1, 0.15) is 31.1 Å². The van der Waals surface area contributed by atoms with Gasteiger partial charge in [-0.15, -0.1) is 0 Å². The van der Waals surface area contributed by atoms with Crippen LogP contribution in [0.15, 0.2) is 30.5 Å². The van der Waals surface area contributed by atoms with E-state index < -0.39 is 17.5 Å². The van der Waals surface area contributed by atoms with Gasteiger partial charge < -0.3 is 15.2 Å². The molecule has 0 spiro atoms. The molecule has 1 amide bonds. The first-order valence-corrected chi connectivity index (χ1v) is 6.84. The van der Waals surface area contributed by atoms with Gasteiger partial charge in [0.05, 0.1) is 11.1 Å². The lowest BCUT2D eigenvalue weighted by atomic mass is 10.1. The molecule has 0 atom stereocenters. The number of aromatic hydroxyl groups is 1. The summed E-state index contributed by atoms with van der Waals surface area (Å²) in [6.07, 6.45) is 1.50. The molecule has 2 aromatic rings. The molecule has 22 heavy (non-hydrogen) atoms. The van der Waals surface area contributed by atoms with Gasteiger partial charge in [-0.05, 0) is 45.0 Å².